The zero-order valence-electron chi connectivity index (χ0n) is 23.7. The Morgan fingerprint density at radius 3 is 2.54 bits per heavy atom. The molecular formula is C32H37N3O5S. The van der Waals surface area contributed by atoms with E-state index in [1.807, 2.05) is 16.4 Å². The van der Waals surface area contributed by atoms with E-state index in [-0.39, 0.29) is 23.6 Å². The van der Waals surface area contributed by atoms with Crippen LogP contribution in [0, 0.1) is 0 Å². The van der Waals surface area contributed by atoms with Gasteiger partial charge < -0.3 is 19.3 Å². The fourth-order valence-electron chi connectivity index (χ4n) is 8.79. The summed E-state index contributed by atoms with van der Waals surface area (Å²) in [5, 5.41) is 11.0. The molecule has 2 aromatic carbocycles. The first-order valence-corrected chi connectivity index (χ1v) is 16.5. The van der Waals surface area contributed by atoms with Gasteiger partial charge in [-0.2, -0.15) is 4.31 Å². The summed E-state index contributed by atoms with van der Waals surface area (Å²) in [5.41, 5.74) is 5.53. The van der Waals surface area contributed by atoms with Gasteiger partial charge in [0.2, 0.25) is 10.0 Å². The predicted molar refractivity (Wildman–Crippen MR) is 157 cm³/mol. The zero-order chi connectivity index (χ0) is 28.3. The second kappa shape index (κ2) is 8.82. The number of nitrogens with zero attached hydrogens (tertiary/aromatic N) is 3. The number of piperazine rings is 1. The van der Waals surface area contributed by atoms with Gasteiger partial charge in [0.1, 0.15) is 10.5 Å². The molecule has 8 rings (SSSR count). The van der Waals surface area contributed by atoms with E-state index in [0.29, 0.717) is 25.4 Å². The van der Waals surface area contributed by atoms with Crippen molar-refractivity contribution in [2.45, 2.75) is 80.2 Å². The Hall–Kier alpha value is -2.88. The predicted octanol–water partition coefficient (Wildman–Crippen LogP) is 5.02. The van der Waals surface area contributed by atoms with Gasteiger partial charge in [-0.1, -0.05) is 25.3 Å². The molecular weight excluding hydrogens is 538 g/mol. The van der Waals surface area contributed by atoms with E-state index < -0.39 is 20.7 Å². The molecule has 3 unspecified atom stereocenters. The molecule has 0 spiro atoms. The first kappa shape index (κ1) is 25.8. The third kappa shape index (κ3) is 3.52. The van der Waals surface area contributed by atoms with Crippen LogP contribution in [0.3, 0.4) is 0 Å². The van der Waals surface area contributed by atoms with Crippen molar-refractivity contribution < 1.29 is 23.1 Å². The largest absolute Gasteiger partial charge is 0.497 e. The Balaban J connectivity index is 1.38. The van der Waals surface area contributed by atoms with Crippen LogP contribution in [0.1, 0.15) is 78.3 Å². The van der Waals surface area contributed by atoms with E-state index in [0.717, 1.165) is 59.3 Å². The number of fused-ring (bicyclic) bond motifs is 9. The first-order chi connectivity index (χ1) is 19.7. The Kier molecular flexibility index (Phi) is 5.55. The van der Waals surface area contributed by atoms with Gasteiger partial charge in [0.25, 0.3) is 0 Å². The van der Waals surface area contributed by atoms with Crippen molar-refractivity contribution in [3.05, 3.63) is 53.1 Å². The van der Waals surface area contributed by atoms with E-state index in [2.05, 4.69) is 28.6 Å². The van der Waals surface area contributed by atoms with Gasteiger partial charge in [0.05, 0.1) is 18.4 Å². The highest BCUT2D eigenvalue weighted by Gasteiger charge is 2.69. The van der Waals surface area contributed by atoms with Gasteiger partial charge in [0.15, 0.2) is 0 Å². The second-order valence-corrected chi connectivity index (χ2v) is 15.3. The van der Waals surface area contributed by atoms with Crippen LogP contribution in [0.4, 0.5) is 0 Å². The van der Waals surface area contributed by atoms with Gasteiger partial charge in [-0.15, -0.1) is 0 Å². The number of likely N-dealkylation sites (tertiary alicyclic amines) is 1. The number of methoxy groups -OCH3 is 1. The number of sulfonamides is 1. The third-order valence-corrected chi connectivity index (χ3v) is 13.7. The molecule has 216 valence electrons. The number of ether oxygens (including phenoxy) is 1. The number of likely N-dealkylation sites (N-methyl/N-ethyl adjacent to an activating group) is 1. The number of rotatable bonds is 5. The zero-order valence-corrected chi connectivity index (χ0v) is 24.5. The molecule has 3 aliphatic heterocycles. The molecule has 1 N–H and O–H groups in total. The number of hydrogen-bond donors (Lipinski definition) is 1. The lowest BCUT2D eigenvalue weighted by Crippen LogP contribution is -2.52. The topological polar surface area (TPSA) is 92.1 Å². The SMILES string of the molecule is COc1ccc2c(c1)C1CC1(S(=O)(=O)N1CC3C[C@@H]1CN3C)Cn1c-2c(C2CCCCC2)c2ccc(C(=O)O)cc21. The average molecular weight is 576 g/mol. The Morgan fingerprint density at radius 1 is 1.05 bits per heavy atom. The molecule has 5 aliphatic rings. The van der Waals surface area contributed by atoms with E-state index in [1.54, 1.807) is 19.2 Å². The van der Waals surface area contributed by atoms with Crippen LogP contribution in [-0.4, -0.2) is 77.3 Å². The fourth-order valence-corrected chi connectivity index (χ4v) is 11.3. The summed E-state index contributed by atoms with van der Waals surface area (Å²) < 4.78 is 38.2. The fraction of sp³-hybridized carbons (Fsp3) is 0.531. The molecule has 0 radical (unpaired) electrons. The molecule has 4 fully saturated rings. The van der Waals surface area contributed by atoms with Gasteiger partial charge in [0, 0.05) is 54.1 Å². The molecule has 2 saturated carbocycles. The highest BCUT2D eigenvalue weighted by molar-refractivity contribution is 7.91. The lowest BCUT2D eigenvalue weighted by atomic mass is 9.81. The molecule has 1 aromatic heterocycles. The summed E-state index contributed by atoms with van der Waals surface area (Å²) >= 11 is 0. The van der Waals surface area contributed by atoms with Crippen LogP contribution in [0.25, 0.3) is 22.2 Å². The van der Waals surface area contributed by atoms with Crippen LogP contribution in [-0.2, 0) is 16.6 Å². The molecule has 3 aromatic rings. The number of aromatic nitrogens is 1. The van der Waals surface area contributed by atoms with Gasteiger partial charge >= 0.3 is 5.97 Å². The summed E-state index contributed by atoms with van der Waals surface area (Å²) in [4.78, 5) is 14.4. The number of carboxylic acids is 1. The van der Waals surface area contributed by atoms with Crippen molar-refractivity contribution >= 4 is 26.9 Å². The van der Waals surface area contributed by atoms with E-state index >= 15 is 0 Å². The maximum atomic E-state index is 14.8. The summed E-state index contributed by atoms with van der Waals surface area (Å²) in [6.07, 6.45) is 7.23. The number of carbonyl (C=O) groups is 1. The van der Waals surface area contributed by atoms with Crippen molar-refractivity contribution in [1.29, 1.82) is 0 Å². The van der Waals surface area contributed by atoms with E-state index in [4.69, 9.17) is 4.74 Å². The minimum absolute atomic E-state index is 0.0240. The van der Waals surface area contributed by atoms with Crippen LogP contribution < -0.4 is 4.74 Å². The number of aromatic carboxylic acids is 1. The molecule has 2 bridgehead atoms. The van der Waals surface area contributed by atoms with Crippen molar-refractivity contribution in [2.75, 3.05) is 27.2 Å². The summed E-state index contributed by atoms with van der Waals surface area (Å²) in [5.74, 6) is -0.00347. The molecule has 2 aliphatic carbocycles. The van der Waals surface area contributed by atoms with Crippen LogP contribution in [0.5, 0.6) is 5.75 Å². The molecule has 0 amide bonds. The number of benzene rings is 2. The summed E-state index contributed by atoms with van der Waals surface area (Å²) in [6, 6.07) is 11.9. The van der Waals surface area contributed by atoms with Crippen LogP contribution in [0.15, 0.2) is 36.4 Å². The van der Waals surface area contributed by atoms with Crippen molar-refractivity contribution in [2.24, 2.45) is 0 Å². The van der Waals surface area contributed by atoms with Gasteiger partial charge in [-0.3, -0.25) is 0 Å². The molecule has 4 atom stereocenters. The Labute approximate surface area is 240 Å². The van der Waals surface area contributed by atoms with Crippen molar-refractivity contribution in [1.82, 2.24) is 13.8 Å². The molecule has 2 saturated heterocycles. The quantitative estimate of drug-likeness (QED) is 0.459. The van der Waals surface area contributed by atoms with Crippen LogP contribution >= 0.6 is 0 Å². The summed E-state index contributed by atoms with van der Waals surface area (Å²) in [6.45, 7) is 1.67. The monoisotopic (exact) mass is 575 g/mol. The smallest absolute Gasteiger partial charge is 0.335 e. The lowest BCUT2D eigenvalue weighted by molar-refractivity contribution is 0.0697. The Morgan fingerprint density at radius 2 is 1.85 bits per heavy atom. The highest BCUT2D eigenvalue weighted by atomic mass is 32.2. The number of carboxylic acid groups (broad SMARTS) is 1. The number of hydrogen-bond acceptors (Lipinski definition) is 5. The normalized spacial score (nSPS) is 29.7. The maximum absolute atomic E-state index is 14.8. The first-order valence-electron chi connectivity index (χ1n) is 15.0. The molecule has 41 heavy (non-hydrogen) atoms. The molecule has 9 heteroatoms. The van der Waals surface area contributed by atoms with Crippen molar-refractivity contribution in [3.63, 3.8) is 0 Å². The van der Waals surface area contributed by atoms with Gasteiger partial charge in [-0.05, 0) is 80.1 Å². The minimum atomic E-state index is -3.65. The van der Waals surface area contributed by atoms with Crippen LogP contribution in [0.2, 0.25) is 0 Å². The van der Waals surface area contributed by atoms with E-state index in [9.17, 15) is 18.3 Å². The minimum Gasteiger partial charge on any atom is -0.497 e. The second-order valence-electron chi connectivity index (χ2n) is 13.1. The van der Waals surface area contributed by atoms with Crippen molar-refractivity contribution in [3.8, 4) is 17.0 Å². The Bertz CT molecular complexity index is 1710. The highest BCUT2D eigenvalue weighted by Crippen LogP contribution is 2.64. The van der Waals surface area contributed by atoms with E-state index in [1.165, 1.54) is 24.8 Å². The standard InChI is InChI=1S/C32H37N3O5S/c1-33-16-22-13-21(33)17-35(22)41(38,39)32-15-27(32)26-14-23(40-2)9-11-24(26)30-29(19-6-4-3-5-7-19)25-10-8-20(31(36)37)12-28(25)34(30)18-32/h8-12,14,19,21-22,27H,3-7,13,15-18H2,1-2H3,(H,36,37)/t21?,22-,27?,32?/m1/s1. The lowest BCUT2D eigenvalue weighted by Gasteiger charge is -2.34. The third-order valence-electron chi connectivity index (χ3n) is 11.0. The van der Waals surface area contributed by atoms with Gasteiger partial charge in [-0.25, -0.2) is 13.2 Å². The molecule has 8 nitrogen and oxygen atoms in total. The maximum Gasteiger partial charge on any atom is 0.335 e. The average Bonchev–Trinajstić information content (AvgIpc) is 3.24. The summed E-state index contributed by atoms with van der Waals surface area (Å²) in [7, 11) is 0.0949. The molecule has 4 heterocycles.